The number of nitrogens with zero attached hydrogens (tertiary/aromatic N) is 4. The second kappa shape index (κ2) is 6.80. The van der Waals surface area contributed by atoms with Gasteiger partial charge < -0.3 is 10.7 Å². The Kier molecular flexibility index (Phi) is 4.77. The summed E-state index contributed by atoms with van der Waals surface area (Å²) in [6.45, 7) is 0.516. The number of amides is 1. The monoisotopic (exact) mass is 351 g/mol. The maximum absolute atomic E-state index is 12.2. The quantitative estimate of drug-likeness (QED) is 0.638. The highest BCUT2D eigenvalue weighted by molar-refractivity contribution is 7.99. The first-order valence-corrected chi connectivity index (χ1v) is 8.72. The zero-order valence-corrected chi connectivity index (χ0v) is 14.3. The molecule has 1 aliphatic carbocycles. The van der Waals surface area contributed by atoms with Crippen molar-refractivity contribution in [2.24, 2.45) is 0 Å². The van der Waals surface area contributed by atoms with Crippen LogP contribution in [-0.4, -0.2) is 38.5 Å². The molecule has 23 heavy (non-hydrogen) atoms. The normalized spacial score (nSPS) is 14.0. The van der Waals surface area contributed by atoms with Gasteiger partial charge >= 0.3 is 0 Å². The van der Waals surface area contributed by atoms with E-state index < -0.39 is 0 Å². The van der Waals surface area contributed by atoms with Crippen molar-refractivity contribution in [1.82, 2.24) is 19.8 Å². The molecule has 1 aliphatic rings. The van der Waals surface area contributed by atoms with E-state index in [2.05, 4.69) is 10.2 Å². The molecule has 3 rings (SSSR count). The van der Waals surface area contributed by atoms with Crippen molar-refractivity contribution in [1.29, 1.82) is 0 Å². The smallest absolute Gasteiger partial charge is 0.233 e. The van der Waals surface area contributed by atoms with Gasteiger partial charge in [0, 0.05) is 24.5 Å². The third kappa shape index (κ3) is 3.97. The van der Waals surface area contributed by atoms with Crippen LogP contribution in [0.25, 0.3) is 0 Å². The molecule has 2 N–H and O–H groups in total. The number of carbonyl (C=O) groups is 1. The van der Waals surface area contributed by atoms with E-state index in [0.29, 0.717) is 22.6 Å². The SMILES string of the molecule is CN(Cc1cccc(Cl)c1)C(=O)CSc1nnc(C2CC2)n1N. The lowest BCUT2D eigenvalue weighted by molar-refractivity contribution is -0.127. The highest BCUT2D eigenvalue weighted by Crippen LogP contribution is 2.39. The largest absolute Gasteiger partial charge is 0.341 e. The highest BCUT2D eigenvalue weighted by atomic mass is 35.5. The van der Waals surface area contributed by atoms with Crippen LogP contribution < -0.4 is 5.84 Å². The van der Waals surface area contributed by atoms with Crippen molar-refractivity contribution in [2.45, 2.75) is 30.5 Å². The summed E-state index contributed by atoms with van der Waals surface area (Å²) in [5, 5.41) is 9.42. The second-order valence-electron chi connectivity index (χ2n) is 5.65. The number of thioether (sulfide) groups is 1. The van der Waals surface area contributed by atoms with Crippen LogP contribution in [0.1, 0.15) is 30.1 Å². The predicted octanol–water partition coefficient (Wildman–Crippen LogP) is 2.27. The van der Waals surface area contributed by atoms with Crippen LogP contribution in [0.3, 0.4) is 0 Å². The Morgan fingerprint density at radius 1 is 1.48 bits per heavy atom. The van der Waals surface area contributed by atoms with Crippen molar-refractivity contribution in [3.05, 3.63) is 40.7 Å². The molecule has 1 aromatic carbocycles. The van der Waals surface area contributed by atoms with E-state index in [1.807, 2.05) is 24.3 Å². The molecule has 0 radical (unpaired) electrons. The van der Waals surface area contributed by atoms with Crippen molar-refractivity contribution in [3.63, 3.8) is 0 Å². The summed E-state index contributed by atoms with van der Waals surface area (Å²) in [5.74, 6) is 7.50. The maximum atomic E-state index is 12.2. The lowest BCUT2D eigenvalue weighted by Crippen LogP contribution is -2.28. The number of nitrogen functional groups attached to an aromatic ring is 1. The first kappa shape index (κ1) is 16.1. The summed E-state index contributed by atoms with van der Waals surface area (Å²) in [6.07, 6.45) is 2.22. The van der Waals surface area contributed by atoms with E-state index in [1.165, 1.54) is 16.4 Å². The van der Waals surface area contributed by atoms with E-state index >= 15 is 0 Å². The van der Waals surface area contributed by atoms with Gasteiger partial charge in [-0.1, -0.05) is 35.5 Å². The third-order valence-electron chi connectivity index (χ3n) is 3.69. The van der Waals surface area contributed by atoms with Gasteiger partial charge in [0.2, 0.25) is 11.1 Å². The van der Waals surface area contributed by atoms with Gasteiger partial charge in [-0.25, -0.2) is 4.68 Å². The van der Waals surface area contributed by atoms with Gasteiger partial charge in [-0.2, -0.15) is 0 Å². The number of aromatic nitrogens is 3. The van der Waals surface area contributed by atoms with Crippen LogP contribution in [0.5, 0.6) is 0 Å². The van der Waals surface area contributed by atoms with E-state index in [4.69, 9.17) is 17.4 Å². The van der Waals surface area contributed by atoms with Gasteiger partial charge in [0.05, 0.1) is 5.75 Å². The number of halogens is 1. The molecule has 8 heteroatoms. The zero-order valence-electron chi connectivity index (χ0n) is 12.8. The Bertz CT molecular complexity index is 716. The molecule has 1 saturated carbocycles. The minimum atomic E-state index is 0.00551. The van der Waals surface area contributed by atoms with Crippen LogP contribution in [0.15, 0.2) is 29.4 Å². The van der Waals surface area contributed by atoms with Crippen molar-refractivity contribution >= 4 is 29.3 Å². The molecular formula is C15H18ClN5OS. The molecule has 1 heterocycles. The molecule has 2 aromatic rings. The Labute approximate surface area is 144 Å². The number of carbonyl (C=O) groups excluding carboxylic acids is 1. The lowest BCUT2D eigenvalue weighted by Gasteiger charge is -2.17. The molecular weight excluding hydrogens is 334 g/mol. The van der Waals surface area contributed by atoms with E-state index in [9.17, 15) is 4.79 Å². The fraction of sp³-hybridized carbons (Fsp3) is 0.400. The van der Waals surface area contributed by atoms with E-state index in [0.717, 1.165) is 24.2 Å². The highest BCUT2D eigenvalue weighted by Gasteiger charge is 2.30. The van der Waals surface area contributed by atoms with Gasteiger partial charge in [-0.15, -0.1) is 10.2 Å². The van der Waals surface area contributed by atoms with Crippen LogP contribution >= 0.6 is 23.4 Å². The second-order valence-corrected chi connectivity index (χ2v) is 7.03. The number of benzene rings is 1. The van der Waals surface area contributed by atoms with Gasteiger partial charge in [0.1, 0.15) is 0 Å². The molecule has 0 atom stereocenters. The number of nitrogens with two attached hydrogens (primary N) is 1. The Balaban J connectivity index is 1.54. The van der Waals surface area contributed by atoms with E-state index in [1.54, 1.807) is 11.9 Å². The van der Waals surface area contributed by atoms with Crippen LogP contribution in [-0.2, 0) is 11.3 Å². The number of hydrogen-bond acceptors (Lipinski definition) is 5. The average Bonchev–Trinajstić information content (AvgIpc) is 3.29. The lowest BCUT2D eigenvalue weighted by atomic mass is 10.2. The van der Waals surface area contributed by atoms with Crippen LogP contribution in [0.2, 0.25) is 5.02 Å². The van der Waals surface area contributed by atoms with Crippen LogP contribution in [0.4, 0.5) is 0 Å². The van der Waals surface area contributed by atoms with Gasteiger partial charge in [-0.3, -0.25) is 4.79 Å². The molecule has 1 fully saturated rings. The van der Waals surface area contributed by atoms with Crippen molar-refractivity contribution in [2.75, 3.05) is 18.6 Å². The first-order chi connectivity index (χ1) is 11.0. The molecule has 122 valence electrons. The molecule has 0 saturated heterocycles. The van der Waals surface area contributed by atoms with Gasteiger partial charge in [0.25, 0.3) is 0 Å². The topological polar surface area (TPSA) is 77.0 Å². The molecule has 1 amide bonds. The summed E-state index contributed by atoms with van der Waals surface area (Å²) < 4.78 is 1.51. The summed E-state index contributed by atoms with van der Waals surface area (Å²) in [7, 11) is 1.77. The van der Waals surface area contributed by atoms with Crippen molar-refractivity contribution < 1.29 is 4.79 Å². The fourth-order valence-corrected chi connectivity index (χ4v) is 3.26. The molecule has 0 unspecified atom stereocenters. The average molecular weight is 352 g/mol. The number of rotatable bonds is 6. The minimum absolute atomic E-state index is 0.00551. The minimum Gasteiger partial charge on any atom is -0.341 e. The molecule has 1 aromatic heterocycles. The summed E-state index contributed by atoms with van der Waals surface area (Å²) >= 11 is 7.27. The zero-order chi connectivity index (χ0) is 16.4. The molecule has 0 aliphatic heterocycles. The Morgan fingerprint density at radius 3 is 2.96 bits per heavy atom. The number of hydrogen-bond donors (Lipinski definition) is 1. The van der Waals surface area contributed by atoms with Gasteiger partial charge in [0.15, 0.2) is 5.82 Å². The molecule has 6 nitrogen and oxygen atoms in total. The predicted molar refractivity (Wildman–Crippen MR) is 90.8 cm³/mol. The van der Waals surface area contributed by atoms with Gasteiger partial charge in [-0.05, 0) is 30.5 Å². The van der Waals surface area contributed by atoms with Crippen molar-refractivity contribution in [3.8, 4) is 0 Å². The Hall–Kier alpha value is -1.73. The maximum Gasteiger partial charge on any atom is 0.233 e. The molecule has 0 spiro atoms. The molecule has 0 bridgehead atoms. The fourth-order valence-electron chi connectivity index (χ4n) is 2.24. The van der Waals surface area contributed by atoms with E-state index in [-0.39, 0.29) is 11.7 Å². The summed E-state index contributed by atoms with van der Waals surface area (Å²) in [5.41, 5.74) is 0.997. The summed E-state index contributed by atoms with van der Waals surface area (Å²) in [6, 6.07) is 7.49. The first-order valence-electron chi connectivity index (χ1n) is 7.36. The Morgan fingerprint density at radius 2 is 2.26 bits per heavy atom. The summed E-state index contributed by atoms with van der Waals surface area (Å²) in [4.78, 5) is 13.9. The third-order valence-corrected chi connectivity index (χ3v) is 4.86. The standard InChI is InChI=1S/C15H18ClN5OS/c1-20(8-10-3-2-4-12(16)7-10)13(22)9-23-15-19-18-14(21(15)17)11-5-6-11/h2-4,7,11H,5-6,8-9,17H2,1H3. The van der Waals surface area contributed by atoms with Crippen LogP contribution in [0, 0.1) is 0 Å².